The molecule has 2 aromatic heterocycles. The number of thiophene rings is 1. The molecule has 1 saturated heterocycles. The molecule has 7 nitrogen and oxygen atoms in total. The molecule has 0 bridgehead atoms. The third-order valence-electron chi connectivity index (χ3n) is 6.84. The first kappa shape index (κ1) is 24.5. The predicted octanol–water partition coefficient (Wildman–Crippen LogP) is 5.65. The Bertz CT molecular complexity index is 1350. The molecule has 1 fully saturated rings. The summed E-state index contributed by atoms with van der Waals surface area (Å²) in [4.78, 5) is 22.4. The standard InChI is InChI=1S/C28H32N4O3S/c1-17(33)24-14-23-26(36-24)21(7-9-30-23)22-13-18(15-29)12-19-6-5-10-32(25(19)22)20-8-11-31(16-20)27(34)35-28(2,3)4/h7,9,12-14,17,20,33H,5-6,8,10-11,16H2,1-4H3/t17?,20-/m0/s1. The van der Waals surface area contributed by atoms with Crippen LogP contribution in [0.5, 0.6) is 0 Å². The third kappa shape index (κ3) is 4.65. The molecular weight excluding hydrogens is 472 g/mol. The highest BCUT2D eigenvalue weighted by atomic mass is 32.1. The average molecular weight is 505 g/mol. The van der Waals surface area contributed by atoms with Crippen LogP contribution in [0.25, 0.3) is 21.3 Å². The molecule has 3 aromatic rings. The quantitative estimate of drug-likeness (QED) is 0.496. The summed E-state index contributed by atoms with van der Waals surface area (Å²) >= 11 is 1.55. The fraction of sp³-hybridized carbons (Fsp3) is 0.464. The number of rotatable bonds is 3. The van der Waals surface area contributed by atoms with Gasteiger partial charge in [-0.25, -0.2) is 4.79 Å². The number of pyridine rings is 1. The molecule has 1 N–H and O–H groups in total. The zero-order valence-electron chi connectivity index (χ0n) is 21.2. The number of likely N-dealkylation sites (tertiary alicyclic amines) is 1. The number of carbonyl (C=O) groups is 1. The first-order valence-electron chi connectivity index (χ1n) is 12.5. The van der Waals surface area contributed by atoms with Gasteiger partial charge in [0.25, 0.3) is 0 Å². The lowest BCUT2D eigenvalue weighted by Gasteiger charge is -2.38. The van der Waals surface area contributed by atoms with Crippen LogP contribution in [0.2, 0.25) is 0 Å². The molecule has 5 rings (SSSR count). The molecule has 0 radical (unpaired) electrons. The Morgan fingerprint density at radius 3 is 2.81 bits per heavy atom. The molecule has 0 saturated carbocycles. The first-order chi connectivity index (χ1) is 17.1. The summed E-state index contributed by atoms with van der Waals surface area (Å²) in [6.45, 7) is 9.62. The molecular formula is C28H32N4O3S. The predicted molar refractivity (Wildman–Crippen MR) is 142 cm³/mol. The van der Waals surface area contributed by atoms with Crippen LogP contribution in [0, 0.1) is 11.3 Å². The fourth-order valence-electron chi connectivity index (χ4n) is 5.27. The first-order valence-corrected chi connectivity index (χ1v) is 13.3. The Labute approximate surface area is 215 Å². The Morgan fingerprint density at radius 2 is 2.08 bits per heavy atom. The number of hydrogen-bond acceptors (Lipinski definition) is 7. The lowest BCUT2D eigenvalue weighted by atomic mass is 9.90. The van der Waals surface area contributed by atoms with Crippen molar-refractivity contribution in [2.75, 3.05) is 24.5 Å². The van der Waals surface area contributed by atoms with E-state index in [1.807, 2.05) is 49.9 Å². The highest BCUT2D eigenvalue weighted by Gasteiger charge is 2.36. The van der Waals surface area contributed by atoms with Gasteiger partial charge in [-0.15, -0.1) is 11.3 Å². The summed E-state index contributed by atoms with van der Waals surface area (Å²) in [5.41, 5.74) is 5.34. The second kappa shape index (κ2) is 9.38. The molecule has 2 aliphatic rings. The van der Waals surface area contributed by atoms with E-state index in [0.29, 0.717) is 18.7 Å². The number of anilines is 1. The van der Waals surface area contributed by atoms with E-state index in [1.165, 1.54) is 5.56 Å². The molecule has 2 atom stereocenters. The van der Waals surface area contributed by atoms with Crippen LogP contribution in [0.4, 0.5) is 10.5 Å². The number of fused-ring (bicyclic) bond motifs is 2. The summed E-state index contributed by atoms with van der Waals surface area (Å²) < 4.78 is 6.64. The Morgan fingerprint density at radius 1 is 1.28 bits per heavy atom. The van der Waals surface area contributed by atoms with Gasteiger partial charge in [-0.3, -0.25) is 4.98 Å². The summed E-state index contributed by atoms with van der Waals surface area (Å²) in [6.07, 6.45) is 3.76. The van der Waals surface area contributed by atoms with Crippen LogP contribution >= 0.6 is 11.3 Å². The Balaban J connectivity index is 1.57. The maximum atomic E-state index is 12.7. The maximum absolute atomic E-state index is 12.7. The van der Waals surface area contributed by atoms with E-state index in [-0.39, 0.29) is 12.1 Å². The topological polar surface area (TPSA) is 89.7 Å². The van der Waals surface area contributed by atoms with Crippen LogP contribution in [0.1, 0.15) is 62.6 Å². The van der Waals surface area contributed by atoms with E-state index in [9.17, 15) is 15.2 Å². The van der Waals surface area contributed by atoms with Crippen molar-refractivity contribution in [2.45, 2.75) is 64.7 Å². The highest BCUT2D eigenvalue weighted by Crippen LogP contribution is 2.44. The summed E-state index contributed by atoms with van der Waals surface area (Å²) in [7, 11) is 0. The summed E-state index contributed by atoms with van der Waals surface area (Å²) in [5, 5.41) is 20.0. The van der Waals surface area contributed by atoms with Crippen LogP contribution < -0.4 is 4.90 Å². The van der Waals surface area contributed by atoms with Crippen molar-refractivity contribution in [1.29, 1.82) is 5.26 Å². The molecule has 36 heavy (non-hydrogen) atoms. The van der Waals surface area contributed by atoms with Crippen molar-refractivity contribution in [3.05, 3.63) is 46.5 Å². The van der Waals surface area contributed by atoms with Crippen molar-refractivity contribution in [2.24, 2.45) is 0 Å². The van der Waals surface area contributed by atoms with Crippen molar-refractivity contribution in [1.82, 2.24) is 9.88 Å². The van der Waals surface area contributed by atoms with Crippen molar-refractivity contribution in [3.8, 4) is 17.2 Å². The summed E-state index contributed by atoms with van der Waals surface area (Å²) in [6, 6.07) is 10.5. The van der Waals surface area contributed by atoms with E-state index in [2.05, 4.69) is 16.0 Å². The Hall–Kier alpha value is -3.15. The van der Waals surface area contributed by atoms with E-state index >= 15 is 0 Å². The second-order valence-electron chi connectivity index (χ2n) is 10.7. The molecule has 2 aliphatic heterocycles. The Kier molecular flexibility index (Phi) is 6.39. The second-order valence-corrected chi connectivity index (χ2v) is 11.8. The molecule has 0 aliphatic carbocycles. The van der Waals surface area contributed by atoms with Crippen molar-refractivity contribution in [3.63, 3.8) is 0 Å². The van der Waals surface area contributed by atoms with E-state index < -0.39 is 11.7 Å². The molecule has 0 spiro atoms. The molecule has 4 heterocycles. The fourth-order valence-corrected chi connectivity index (χ4v) is 6.35. The zero-order chi connectivity index (χ0) is 25.6. The van der Waals surface area contributed by atoms with Gasteiger partial charge in [-0.2, -0.15) is 5.26 Å². The van der Waals surface area contributed by atoms with Crippen LogP contribution in [0.15, 0.2) is 30.5 Å². The van der Waals surface area contributed by atoms with Gasteiger partial charge in [0, 0.05) is 53.6 Å². The summed E-state index contributed by atoms with van der Waals surface area (Å²) in [5.74, 6) is 0. The average Bonchev–Trinajstić information content (AvgIpc) is 3.49. The van der Waals surface area contributed by atoms with Crippen molar-refractivity contribution < 1.29 is 14.6 Å². The number of aryl methyl sites for hydroxylation is 1. The van der Waals surface area contributed by atoms with Crippen LogP contribution in [-0.2, 0) is 11.2 Å². The number of nitrogens with zero attached hydrogens (tertiary/aromatic N) is 4. The van der Waals surface area contributed by atoms with Gasteiger partial charge in [0.2, 0.25) is 0 Å². The minimum absolute atomic E-state index is 0.178. The van der Waals surface area contributed by atoms with E-state index in [1.54, 1.807) is 24.5 Å². The smallest absolute Gasteiger partial charge is 0.410 e. The number of ether oxygens (including phenoxy) is 1. The molecule has 1 aromatic carbocycles. The van der Waals surface area contributed by atoms with E-state index in [4.69, 9.17) is 4.74 Å². The minimum atomic E-state index is -0.565. The van der Waals surface area contributed by atoms with Gasteiger partial charge in [-0.05, 0) is 76.8 Å². The van der Waals surface area contributed by atoms with Gasteiger partial charge in [0.05, 0.1) is 28.0 Å². The van der Waals surface area contributed by atoms with Crippen LogP contribution in [-0.4, -0.2) is 52.4 Å². The van der Waals surface area contributed by atoms with Crippen LogP contribution in [0.3, 0.4) is 0 Å². The minimum Gasteiger partial charge on any atom is -0.444 e. The monoisotopic (exact) mass is 504 g/mol. The lowest BCUT2D eigenvalue weighted by Crippen LogP contribution is -2.43. The van der Waals surface area contributed by atoms with Gasteiger partial charge >= 0.3 is 6.09 Å². The molecule has 1 unspecified atom stereocenters. The number of hydrogen-bond donors (Lipinski definition) is 1. The SMILES string of the molecule is CC(O)c1cc2nccc(-c3cc(C#N)cc4c3N([C@H]3CCN(C(=O)OC(C)(C)C)C3)CCC4)c2s1. The van der Waals surface area contributed by atoms with Crippen molar-refractivity contribution >= 4 is 33.3 Å². The number of aliphatic hydroxyl groups excluding tert-OH is 1. The van der Waals surface area contributed by atoms with Gasteiger partial charge in [0.1, 0.15) is 5.60 Å². The number of amides is 1. The van der Waals surface area contributed by atoms with E-state index in [0.717, 1.165) is 57.7 Å². The normalized spacial score (nSPS) is 18.7. The zero-order valence-corrected chi connectivity index (χ0v) is 22.1. The maximum Gasteiger partial charge on any atom is 0.410 e. The number of benzene rings is 1. The largest absolute Gasteiger partial charge is 0.444 e. The molecule has 8 heteroatoms. The highest BCUT2D eigenvalue weighted by molar-refractivity contribution is 7.19. The molecule has 188 valence electrons. The van der Waals surface area contributed by atoms with Gasteiger partial charge in [0.15, 0.2) is 0 Å². The lowest BCUT2D eigenvalue weighted by molar-refractivity contribution is 0.0292. The number of carbonyl (C=O) groups excluding carboxylic acids is 1. The van der Waals surface area contributed by atoms with Gasteiger partial charge < -0.3 is 19.6 Å². The number of nitriles is 1. The number of aromatic nitrogens is 1. The third-order valence-corrected chi connectivity index (χ3v) is 8.17. The molecule has 1 amide bonds. The van der Waals surface area contributed by atoms with Gasteiger partial charge in [-0.1, -0.05) is 0 Å². The number of aliphatic hydroxyl groups is 1.